The van der Waals surface area contributed by atoms with E-state index in [0.29, 0.717) is 19.3 Å². The van der Waals surface area contributed by atoms with Crippen molar-refractivity contribution in [1.82, 2.24) is 0 Å². The van der Waals surface area contributed by atoms with E-state index in [1.54, 1.807) is 0 Å². The maximum atomic E-state index is 11.7. The molecule has 0 spiro atoms. The molecule has 0 aromatic rings. The molecule has 0 unspecified atom stereocenters. The molecule has 1 saturated carbocycles. The lowest BCUT2D eigenvalue weighted by Crippen LogP contribution is -2.40. The Morgan fingerprint density at radius 2 is 1.62 bits per heavy atom. The van der Waals surface area contributed by atoms with Gasteiger partial charge in [0, 0.05) is 12.8 Å². The summed E-state index contributed by atoms with van der Waals surface area (Å²) < 4.78 is 9.31. The van der Waals surface area contributed by atoms with Crippen molar-refractivity contribution in [3.63, 3.8) is 0 Å². The van der Waals surface area contributed by atoms with E-state index in [4.69, 9.17) is 0 Å². The standard InChI is InChI=1S/C11H16O5/c1-15-9(13)11(10(14)16-2)6-3-4-8(12)5-7-11/h3-7H2,1-2H3. The SMILES string of the molecule is COC(=O)C1(C(=O)OC)CCCC(=O)CC1. The van der Waals surface area contributed by atoms with Crippen molar-refractivity contribution in [2.24, 2.45) is 5.41 Å². The Morgan fingerprint density at radius 1 is 1.06 bits per heavy atom. The van der Waals surface area contributed by atoms with Gasteiger partial charge in [-0.25, -0.2) is 0 Å². The van der Waals surface area contributed by atoms with Gasteiger partial charge in [-0.05, 0) is 19.3 Å². The summed E-state index contributed by atoms with van der Waals surface area (Å²) in [5.41, 5.74) is -1.28. The van der Waals surface area contributed by atoms with Gasteiger partial charge in [-0.1, -0.05) is 0 Å². The third-order valence-corrected chi connectivity index (χ3v) is 3.04. The summed E-state index contributed by atoms with van der Waals surface area (Å²) in [7, 11) is 2.47. The van der Waals surface area contributed by atoms with Crippen molar-refractivity contribution in [2.75, 3.05) is 14.2 Å². The van der Waals surface area contributed by atoms with E-state index in [1.807, 2.05) is 0 Å². The van der Waals surface area contributed by atoms with E-state index in [0.717, 1.165) is 0 Å². The number of rotatable bonds is 2. The van der Waals surface area contributed by atoms with Gasteiger partial charge < -0.3 is 9.47 Å². The molecule has 0 heterocycles. The molecule has 5 nitrogen and oxygen atoms in total. The lowest BCUT2D eigenvalue weighted by molar-refractivity contribution is -0.170. The van der Waals surface area contributed by atoms with Crippen molar-refractivity contribution in [3.8, 4) is 0 Å². The van der Waals surface area contributed by atoms with E-state index in [9.17, 15) is 14.4 Å². The fourth-order valence-electron chi connectivity index (χ4n) is 2.07. The van der Waals surface area contributed by atoms with Gasteiger partial charge in [-0.3, -0.25) is 14.4 Å². The Balaban J connectivity index is 2.98. The lowest BCUT2D eigenvalue weighted by Gasteiger charge is -2.25. The van der Waals surface area contributed by atoms with Crippen LogP contribution < -0.4 is 0 Å². The summed E-state index contributed by atoms with van der Waals surface area (Å²) in [6.45, 7) is 0. The number of methoxy groups -OCH3 is 2. The molecule has 5 heteroatoms. The summed E-state index contributed by atoms with van der Waals surface area (Å²) in [4.78, 5) is 34.7. The van der Waals surface area contributed by atoms with Crippen LogP contribution in [0.4, 0.5) is 0 Å². The van der Waals surface area contributed by atoms with Crippen LogP contribution in [0, 0.1) is 5.41 Å². The van der Waals surface area contributed by atoms with Crippen LogP contribution in [0.25, 0.3) is 0 Å². The van der Waals surface area contributed by atoms with E-state index < -0.39 is 17.4 Å². The molecule has 1 fully saturated rings. The monoisotopic (exact) mass is 228 g/mol. The summed E-state index contributed by atoms with van der Waals surface area (Å²) in [5, 5.41) is 0. The fourth-order valence-corrected chi connectivity index (χ4v) is 2.07. The van der Waals surface area contributed by atoms with E-state index in [1.165, 1.54) is 14.2 Å². The number of ether oxygens (including phenoxy) is 2. The first-order valence-corrected chi connectivity index (χ1v) is 5.25. The fraction of sp³-hybridized carbons (Fsp3) is 0.727. The van der Waals surface area contributed by atoms with Crippen molar-refractivity contribution in [1.29, 1.82) is 0 Å². The average molecular weight is 228 g/mol. The maximum absolute atomic E-state index is 11.7. The second kappa shape index (κ2) is 5.09. The van der Waals surface area contributed by atoms with Crippen LogP contribution in [0.5, 0.6) is 0 Å². The van der Waals surface area contributed by atoms with Crippen LogP contribution in [-0.2, 0) is 23.9 Å². The molecule has 0 bridgehead atoms. The van der Waals surface area contributed by atoms with Crippen LogP contribution in [-0.4, -0.2) is 31.9 Å². The van der Waals surface area contributed by atoms with Crippen molar-refractivity contribution >= 4 is 17.7 Å². The highest BCUT2D eigenvalue weighted by Gasteiger charge is 2.48. The van der Waals surface area contributed by atoms with Gasteiger partial charge in [0.1, 0.15) is 5.78 Å². The number of hydrogen-bond acceptors (Lipinski definition) is 5. The normalized spacial score (nSPS) is 19.8. The highest BCUT2D eigenvalue weighted by atomic mass is 16.5. The van der Waals surface area contributed by atoms with Gasteiger partial charge in [-0.15, -0.1) is 0 Å². The van der Waals surface area contributed by atoms with E-state index >= 15 is 0 Å². The average Bonchev–Trinajstić information content (AvgIpc) is 2.50. The summed E-state index contributed by atoms with van der Waals surface area (Å²) in [6.07, 6.45) is 1.66. The van der Waals surface area contributed by atoms with Crippen LogP contribution in [0.2, 0.25) is 0 Å². The number of hydrogen-bond donors (Lipinski definition) is 0. The predicted octanol–water partition coefficient (Wildman–Crippen LogP) is 0.852. The van der Waals surface area contributed by atoms with Crippen molar-refractivity contribution in [3.05, 3.63) is 0 Å². The number of esters is 2. The van der Waals surface area contributed by atoms with Crippen molar-refractivity contribution < 1.29 is 23.9 Å². The molecule has 90 valence electrons. The van der Waals surface area contributed by atoms with Gasteiger partial charge in [0.25, 0.3) is 0 Å². The molecule has 0 N–H and O–H groups in total. The van der Waals surface area contributed by atoms with E-state index in [-0.39, 0.29) is 18.6 Å². The first-order chi connectivity index (χ1) is 7.56. The van der Waals surface area contributed by atoms with Gasteiger partial charge in [0.15, 0.2) is 5.41 Å². The molecule has 0 atom stereocenters. The Hall–Kier alpha value is -1.39. The predicted molar refractivity (Wildman–Crippen MR) is 54.6 cm³/mol. The molecular formula is C11H16O5. The molecule has 0 aromatic heterocycles. The van der Waals surface area contributed by atoms with Crippen LogP contribution in [0.3, 0.4) is 0 Å². The third-order valence-electron chi connectivity index (χ3n) is 3.04. The molecule has 16 heavy (non-hydrogen) atoms. The highest BCUT2D eigenvalue weighted by Crippen LogP contribution is 2.36. The van der Waals surface area contributed by atoms with Gasteiger partial charge in [-0.2, -0.15) is 0 Å². The summed E-state index contributed by atoms with van der Waals surface area (Å²) in [6, 6.07) is 0. The number of carbonyl (C=O) groups is 3. The molecule has 0 amide bonds. The zero-order valence-electron chi connectivity index (χ0n) is 9.58. The quantitative estimate of drug-likeness (QED) is 0.398. The van der Waals surface area contributed by atoms with Gasteiger partial charge in [0.05, 0.1) is 14.2 Å². The minimum atomic E-state index is -1.28. The number of Topliss-reactive ketones (excluding diaryl/α,β-unsaturated/α-hetero) is 1. The zero-order chi connectivity index (χ0) is 12.2. The molecule has 0 aliphatic heterocycles. The van der Waals surface area contributed by atoms with Crippen molar-refractivity contribution in [2.45, 2.75) is 32.1 Å². The highest BCUT2D eigenvalue weighted by molar-refractivity contribution is 6.00. The largest absolute Gasteiger partial charge is 0.468 e. The topological polar surface area (TPSA) is 69.7 Å². The number of ketones is 1. The molecule has 0 aromatic carbocycles. The lowest BCUT2D eigenvalue weighted by atomic mass is 9.80. The smallest absolute Gasteiger partial charge is 0.323 e. The van der Waals surface area contributed by atoms with Crippen LogP contribution >= 0.6 is 0 Å². The minimum absolute atomic E-state index is 0.0784. The second-order valence-corrected chi connectivity index (χ2v) is 3.96. The third kappa shape index (κ3) is 2.23. The summed E-state index contributed by atoms with van der Waals surface area (Å²) in [5.74, 6) is -1.13. The molecule has 1 rings (SSSR count). The minimum Gasteiger partial charge on any atom is -0.468 e. The Kier molecular flexibility index (Phi) is 4.04. The van der Waals surface area contributed by atoms with Gasteiger partial charge >= 0.3 is 11.9 Å². The van der Waals surface area contributed by atoms with E-state index in [2.05, 4.69) is 9.47 Å². The molecular weight excluding hydrogens is 212 g/mol. The Morgan fingerprint density at radius 3 is 2.12 bits per heavy atom. The summed E-state index contributed by atoms with van der Waals surface area (Å²) >= 11 is 0. The van der Waals surface area contributed by atoms with Gasteiger partial charge in [0.2, 0.25) is 0 Å². The number of carbonyl (C=O) groups excluding carboxylic acids is 3. The maximum Gasteiger partial charge on any atom is 0.323 e. The van der Waals surface area contributed by atoms with Crippen LogP contribution in [0.1, 0.15) is 32.1 Å². The molecule has 1 aliphatic rings. The molecule has 1 aliphatic carbocycles. The van der Waals surface area contributed by atoms with Crippen LogP contribution in [0.15, 0.2) is 0 Å². The Bertz CT molecular complexity index is 291. The molecule has 0 radical (unpaired) electrons. The second-order valence-electron chi connectivity index (χ2n) is 3.96. The molecule has 0 saturated heterocycles. The Labute approximate surface area is 94.1 Å². The first kappa shape index (κ1) is 12.7. The zero-order valence-corrected chi connectivity index (χ0v) is 9.58. The first-order valence-electron chi connectivity index (χ1n) is 5.25.